The number of esters is 1. The van der Waals surface area contributed by atoms with Crippen LogP contribution in [0.2, 0.25) is 0 Å². The number of ketones is 1. The summed E-state index contributed by atoms with van der Waals surface area (Å²) in [6.07, 6.45) is 0. The molecule has 0 fully saturated rings. The lowest BCUT2D eigenvalue weighted by molar-refractivity contribution is -0.136. The zero-order chi connectivity index (χ0) is 21.7. The van der Waals surface area contributed by atoms with Crippen LogP contribution in [0.3, 0.4) is 0 Å². The number of ether oxygens (including phenoxy) is 1. The van der Waals surface area contributed by atoms with Crippen molar-refractivity contribution >= 4 is 40.0 Å². The van der Waals surface area contributed by atoms with Gasteiger partial charge in [0.15, 0.2) is 5.78 Å². The van der Waals surface area contributed by atoms with Gasteiger partial charge in [0.1, 0.15) is 11.5 Å². The highest BCUT2D eigenvalue weighted by Crippen LogP contribution is 2.47. The first-order valence-electron chi connectivity index (χ1n) is 9.79. The van der Waals surface area contributed by atoms with E-state index < -0.39 is 11.9 Å². The molecule has 1 atom stereocenters. The Labute approximate surface area is 192 Å². The Kier molecular flexibility index (Phi) is 4.81. The second kappa shape index (κ2) is 7.53. The van der Waals surface area contributed by atoms with Crippen molar-refractivity contribution in [1.82, 2.24) is 5.32 Å². The molecule has 6 heteroatoms. The first kappa shape index (κ1) is 19.8. The molecule has 0 unspecified atom stereocenters. The van der Waals surface area contributed by atoms with E-state index >= 15 is 0 Å². The average Bonchev–Trinajstić information content (AvgIpc) is 3.37. The summed E-state index contributed by atoms with van der Waals surface area (Å²) >= 11 is 2.25. The summed E-state index contributed by atoms with van der Waals surface area (Å²) in [5.41, 5.74) is 4.64. The number of furan rings is 1. The van der Waals surface area contributed by atoms with Crippen molar-refractivity contribution in [2.75, 3.05) is 7.11 Å². The average molecular weight is 523 g/mol. The third-order valence-electron chi connectivity index (χ3n) is 5.69. The van der Waals surface area contributed by atoms with Crippen LogP contribution in [-0.4, -0.2) is 18.9 Å². The normalized spacial score (nSPS) is 17.4. The number of benzene rings is 2. The number of hydrogen-bond acceptors (Lipinski definition) is 5. The Morgan fingerprint density at radius 1 is 1.03 bits per heavy atom. The number of allylic oxidation sites excluding steroid dienone is 2. The van der Waals surface area contributed by atoms with Crippen molar-refractivity contribution in [2.24, 2.45) is 0 Å². The number of carbonyl (C=O) groups excluding carboxylic acids is 2. The number of hydrogen-bond donors (Lipinski definition) is 1. The predicted octanol–water partition coefficient (Wildman–Crippen LogP) is 5.29. The van der Waals surface area contributed by atoms with E-state index in [9.17, 15) is 9.59 Å². The molecule has 2 aromatic carbocycles. The standard InChI is InChI=1S/C25H18INO4/c1-13-20(25(29)30-2)21(19-12-11-18(31-19)14-7-9-15(26)10-8-14)22-23(27-13)16-5-3-4-6-17(16)24(22)28/h3-12,21,27H,1-2H3/t21-/m1/s1. The van der Waals surface area contributed by atoms with E-state index in [0.717, 1.165) is 20.4 Å². The maximum atomic E-state index is 13.4. The quantitative estimate of drug-likeness (QED) is 0.373. The maximum absolute atomic E-state index is 13.4. The summed E-state index contributed by atoms with van der Waals surface area (Å²) in [6.45, 7) is 1.82. The van der Waals surface area contributed by atoms with Crippen molar-refractivity contribution in [3.63, 3.8) is 0 Å². The minimum atomic E-state index is -0.652. The van der Waals surface area contributed by atoms with Crippen LogP contribution in [0, 0.1) is 3.57 Å². The highest BCUT2D eigenvalue weighted by molar-refractivity contribution is 14.1. The van der Waals surface area contributed by atoms with Gasteiger partial charge in [0.05, 0.1) is 24.3 Å². The highest BCUT2D eigenvalue weighted by Gasteiger charge is 2.44. The van der Waals surface area contributed by atoms with Crippen molar-refractivity contribution in [2.45, 2.75) is 12.8 Å². The Morgan fingerprint density at radius 3 is 2.45 bits per heavy atom. The molecule has 1 N–H and O–H groups in total. The molecular weight excluding hydrogens is 505 g/mol. The second-order valence-electron chi connectivity index (χ2n) is 7.46. The number of fused-ring (bicyclic) bond motifs is 2. The van der Waals surface area contributed by atoms with Gasteiger partial charge in [-0.25, -0.2) is 4.79 Å². The summed E-state index contributed by atoms with van der Waals surface area (Å²) in [4.78, 5) is 26.1. The van der Waals surface area contributed by atoms with Crippen molar-refractivity contribution in [3.8, 4) is 11.3 Å². The van der Waals surface area contributed by atoms with E-state index in [1.54, 1.807) is 6.07 Å². The molecule has 0 bridgehead atoms. The second-order valence-corrected chi connectivity index (χ2v) is 8.71. The zero-order valence-corrected chi connectivity index (χ0v) is 19.0. The van der Waals surface area contributed by atoms with Crippen LogP contribution in [0.15, 0.2) is 81.9 Å². The maximum Gasteiger partial charge on any atom is 0.336 e. The summed E-state index contributed by atoms with van der Waals surface area (Å²) in [5, 5.41) is 3.27. The largest absolute Gasteiger partial charge is 0.466 e. The van der Waals surface area contributed by atoms with Gasteiger partial charge in [-0.3, -0.25) is 4.79 Å². The topological polar surface area (TPSA) is 68.5 Å². The van der Waals surface area contributed by atoms with Gasteiger partial charge in [-0.05, 0) is 53.8 Å². The molecule has 3 aromatic rings. The van der Waals surface area contributed by atoms with Gasteiger partial charge in [-0.15, -0.1) is 0 Å². The molecular formula is C25H18INO4. The molecule has 5 rings (SSSR count). The van der Waals surface area contributed by atoms with E-state index in [1.807, 2.05) is 61.5 Å². The zero-order valence-electron chi connectivity index (χ0n) is 16.9. The predicted molar refractivity (Wildman–Crippen MR) is 125 cm³/mol. The summed E-state index contributed by atoms with van der Waals surface area (Å²) in [7, 11) is 1.34. The van der Waals surface area contributed by atoms with Gasteiger partial charge >= 0.3 is 5.97 Å². The lowest BCUT2D eigenvalue weighted by Gasteiger charge is -2.27. The van der Waals surface area contributed by atoms with Crippen LogP contribution in [0.5, 0.6) is 0 Å². The third kappa shape index (κ3) is 3.13. The lowest BCUT2D eigenvalue weighted by atomic mass is 9.83. The molecule has 0 radical (unpaired) electrons. The molecule has 0 spiro atoms. The Balaban J connectivity index is 1.67. The van der Waals surface area contributed by atoms with Crippen LogP contribution >= 0.6 is 22.6 Å². The molecule has 31 heavy (non-hydrogen) atoms. The summed E-state index contributed by atoms with van der Waals surface area (Å²) in [5.74, 6) is -0.0386. The number of Topliss-reactive ketones (excluding diaryl/α,β-unsaturated/α-hetero) is 1. The number of halogens is 1. The number of carbonyl (C=O) groups is 2. The molecule has 1 aliphatic carbocycles. The van der Waals surface area contributed by atoms with Crippen LogP contribution in [0.4, 0.5) is 0 Å². The fourth-order valence-electron chi connectivity index (χ4n) is 4.27. The molecule has 1 aromatic heterocycles. The first-order valence-corrected chi connectivity index (χ1v) is 10.9. The van der Waals surface area contributed by atoms with Gasteiger partial charge in [-0.2, -0.15) is 0 Å². The van der Waals surface area contributed by atoms with Crippen molar-refractivity contribution in [3.05, 3.63) is 98.0 Å². The number of nitrogens with one attached hydrogen (secondary N) is 1. The first-order chi connectivity index (χ1) is 15.0. The van der Waals surface area contributed by atoms with Crippen LogP contribution in [0.25, 0.3) is 17.0 Å². The molecule has 154 valence electrons. The molecule has 2 aliphatic rings. The van der Waals surface area contributed by atoms with Crippen LogP contribution < -0.4 is 5.32 Å². The van der Waals surface area contributed by atoms with Gasteiger partial charge in [0, 0.05) is 31.5 Å². The fourth-order valence-corrected chi connectivity index (χ4v) is 4.63. The van der Waals surface area contributed by atoms with Gasteiger partial charge in [0.25, 0.3) is 0 Å². The number of methoxy groups -OCH3 is 1. The monoisotopic (exact) mass is 523 g/mol. The third-order valence-corrected chi connectivity index (χ3v) is 6.41. The summed E-state index contributed by atoms with van der Waals surface area (Å²) in [6, 6.07) is 19.1. The Morgan fingerprint density at radius 2 is 1.74 bits per heavy atom. The smallest absolute Gasteiger partial charge is 0.336 e. The SMILES string of the molecule is COC(=O)C1=C(C)NC2=C(C(=O)c3ccccc32)[C@@H]1c1ccc(-c2ccc(I)cc2)o1. The Bertz CT molecular complexity index is 1300. The van der Waals surface area contributed by atoms with Gasteiger partial charge < -0.3 is 14.5 Å². The minimum Gasteiger partial charge on any atom is -0.466 e. The van der Waals surface area contributed by atoms with E-state index in [0.29, 0.717) is 33.9 Å². The Hall–Kier alpha value is -3.13. The van der Waals surface area contributed by atoms with E-state index in [-0.39, 0.29) is 5.78 Å². The molecule has 5 nitrogen and oxygen atoms in total. The summed E-state index contributed by atoms with van der Waals surface area (Å²) < 4.78 is 12.4. The van der Waals surface area contributed by atoms with Gasteiger partial charge in [0.2, 0.25) is 0 Å². The number of dihydropyridines is 1. The van der Waals surface area contributed by atoms with E-state index in [1.165, 1.54) is 7.11 Å². The molecule has 0 saturated carbocycles. The molecule has 0 amide bonds. The van der Waals surface area contributed by atoms with Crippen molar-refractivity contribution < 1.29 is 18.7 Å². The fraction of sp³-hybridized carbons (Fsp3) is 0.120. The van der Waals surface area contributed by atoms with Crippen LogP contribution in [0.1, 0.15) is 34.5 Å². The lowest BCUT2D eigenvalue weighted by Crippen LogP contribution is -2.28. The van der Waals surface area contributed by atoms with Crippen LogP contribution in [-0.2, 0) is 9.53 Å². The highest BCUT2D eigenvalue weighted by atomic mass is 127. The molecule has 1 aliphatic heterocycles. The molecule has 0 saturated heterocycles. The number of rotatable bonds is 3. The van der Waals surface area contributed by atoms with Crippen molar-refractivity contribution in [1.29, 1.82) is 0 Å². The van der Waals surface area contributed by atoms with Gasteiger partial charge in [-0.1, -0.05) is 36.4 Å². The van der Waals surface area contributed by atoms with E-state index in [2.05, 4.69) is 27.9 Å². The molecule has 2 heterocycles. The van der Waals surface area contributed by atoms with E-state index in [4.69, 9.17) is 9.15 Å². The minimum absolute atomic E-state index is 0.107.